The summed E-state index contributed by atoms with van der Waals surface area (Å²) in [6.07, 6.45) is 1.51. The zero-order valence-electron chi connectivity index (χ0n) is 18.9. The van der Waals surface area contributed by atoms with E-state index in [1.165, 1.54) is 19.1 Å². The van der Waals surface area contributed by atoms with Crippen LogP contribution >= 0.6 is 0 Å². The first-order chi connectivity index (χ1) is 16.0. The number of benzene rings is 2. The lowest BCUT2D eigenvalue weighted by Gasteiger charge is -2.28. The van der Waals surface area contributed by atoms with E-state index in [2.05, 4.69) is 0 Å². The fraction of sp³-hybridized carbons (Fsp3) is 0.360. The van der Waals surface area contributed by atoms with E-state index in [0.717, 1.165) is 12.8 Å². The van der Waals surface area contributed by atoms with Crippen molar-refractivity contribution in [2.45, 2.75) is 25.0 Å². The molecule has 0 bridgehead atoms. The summed E-state index contributed by atoms with van der Waals surface area (Å²) in [7, 11) is 4.56. The molecule has 0 aromatic heterocycles. The molecule has 2 aromatic carbocycles. The first-order valence-electron chi connectivity index (χ1n) is 10.8. The average Bonchev–Trinajstić information content (AvgIpc) is 3.45. The lowest BCUT2D eigenvalue weighted by Crippen LogP contribution is -2.36. The number of aliphatic hydroxyl groups excluding tert-OH is 1. The van der Waals surface area contributed by atoms with Crippen LogP contribution in [0.4, 0.5) is 0 Å². The minimum absolute atomic E-state index is 0.00489. The highest BCUT2D eigenvalue weighted by Crippen LogP contribution is 2.45. The summed E-state index contributed by atoms with van der Waals surface area (Å²) in [5, 5.41) is 11.2. The monoisotopic (exact) mass is 453 g/mol. The molecule has 2 aromatic rings. The van der Waals surface area contributed by atoms with Gasteiger partial charge in [0.2, 0.25) is 0 Å². The van der Waals surface area contributed by atoms with E-state index in [1.54, 1.807) is 49.6 Å². The summed E-state index contributed by atoms with van der Waals surface area (Å²) < 4.78 is 22.0. The van der Waals surface area contributed by atoms with E-state index in [4.69, 9.17) is 18.9 Å². The molecule has 8 nitrogen and oxygen atoms in total. The lowest BCUT2D eigenvalue weighted by atomic mass is 9.94. The van der Waals surface area contributed by atoms with Gasteiger partial charge in [-0.25, -0.2) is 0 Å². The molecule has 1 amide bonds. The summed E-state index contributed by atoms with van der Waals surface area (Å²) in [5.74, 6) is -0.240. The van der Waals surface area contributed by atoms with Crippen molar-refractivity contribution in [3.05, 3.63) is 59.2 Å². The minimum Gasteiger partial charge on any atom is -0.507 e. The van der Waals surface area contributed by atoms with Gasteiger partial charge in [-0.3, -0.25) is 9.59 Å². The number of hydrogen-bond acceptors (Lipinski definition) is 7. The van der Waals surface area contributed by atoms with Crippen molar-refractivity contribution in [1.29, 1.82) is 0 Å². The van der Waals surface area contributed by atoms with Crippen LogP contribution in [0.3, 0.4) is 0 Å². The predicted molar refractivity (Wildman–Crippen MR) is 121 cm³/mol. The smallest absolute Gasteiger partial charge is 0.295 e. The molecule has 2 heterocycles. The number of likely N-dealkylation sites (tertiary alicyclic amines) is 1. The van der Waals surface area contributed by atoms with Crippen molar-refractivity contribution in [2.24, 2.45) is 0 Å². The highest BCUT2D eigenvalue weighted by atomic mass is 16.5. The molecule has 2 unspecified atom stereocenters. The molecule has 33 heavy (non-hydrogen) atoms. The first kappa shape index (κ1) is 22.7. The second-order valence-electron chi connectivity index (χ2n) is 7.90. The van der Waals surface area contributed by atoms with Gasteiger partial charge in [0.25, 0.3) is 11.7 Å². The maximum atomic E-state index is 13.2. The van der Waals surface area contributed by atoms with E-state index in [0.29, 0.717) is 35.0 Å². The molecule has 0 aliphatic carbocycles. The molecule has 2 atom stereocenters. The maximum absolute atomic E-state index is 13.2. The number of nitrogens with zero attached hydrogens (tertiary/aromatic N) is 1. The zero-order chi connectivity index (χ0) is 23.5. The molecule has 2 fully saturated rings. The van der Waals surface area contributed by atoms with Crippen LogP contribution in [0.2, 0.25) is 0 Å². The number of rotatable bonds is 7. The third-order valence-electron chi connectivity index (χ3n) is 6.06. The molecule has 4 rings (SSSR count). The Kier molecular flexibility index (Phi) is 6.55. The second kappa shape index (κ2) is 9.54. The largest absolute Gasteiger partial charge is 0.507 e. The van der Waals surface area contributed by atoms with Crippen molar-refractivity contribution >= 4 is 17.4 Å². The summed E-state index contributed by atoms with van der Waals surface area (Å²) in [6.45, 7) is 0.850. The van der Waals surface area contributed by atoms with Crippen molar-refractivity contribution in [1.82, 2.24) is 4.90 Å². The van der Waals surface area contributed by atoms with Crippen LogP contribution in [0.5, 0.6) is 17.2 Å². The topological polar surface area (TPSA) is 94.5 Å². The molecule has 1 N–H and O–H groups in total. The molecule has 0 saturated carbocycles. The molecule has 2 aliphatic rings. The number of ether oxygens (including phenoxy) is 4. The SMILES string of the molecule is COc1ccc(/C(O)=C2\C(=O)C(=O)N(CC3CCCO3)C2c2cccc(OC)c2OC)cc1. The van der Waals surface area contributed by atoms with Gasteiger partial charge in [-0.15, -0.1) is 0 Å². The van der Waals surface area contributed by atoms with E-state index in [1.807, 2.05) is 0 Å². The molecular formula is C25H27NO7. The number of methoxy groups -OCH3 is 3. The number of amides is 1. The minimum atomic E-state index is -0.860. The average molecular weight is 453 g/mol. The third-order valence-corrected chi connectivity index (χ3v) is 6.06. The van der Waals surface area contributed by atoms with Gasteiger partial charge in [0.05, 0.1) is 39.0 Å². The Balaban J connectivity index is 1.88. The van der Waals surface area contributed by atoms with Crippen LogP contribution in [-0.2, 0) is 14.3 Å². The van der Waals surface area contributed by atoms with Crippen molar-refractivity contribution < 1.29 is 33.6 Å². The van der Waals surface area contributed by atoms with Gasteiger partial charge in [0.15, 0.2) is 11.5 Å². The molecule has 2 saturated heterocycles. The quantitative estimate of drug-likeness (QED) is 0.390. The molecule has 8 heteroatoms. The standard InChI is InChI=1S/C25H27NO7/c1-30-16-11-9-15(10-12-16)22(27)20-21(18-7-4-8-19(31-2)24(18)32-3)26(25(29)23(20)28)14-17-6-5-13-33-17/h4,7-12,17,21,27H,5-6,13-14H2,1-3H3/b22-20+. The number of ketones is 1. The number of hydrogen-bond donors (Lipinski definition) is 1. The molecular weight excluding hydrogens is 426 g/mol. The number of aliphatic hydroxyl groups is 1. The van der Waals surface area contributed by atoms with Crippen molar-refractivity contribution in [2.75, 3.05) is 34.5 Å². The van der Waals surface area contributed by atoms with Crippen molar-refractivity contribution in [3.63, 3.8) is 0 Å². The highest BCUT2D eigenvalue weighted by molar-refractivity contribution is 6.46. The Morgan fingerprint density at radius 2 is 1.82 bits per heavy atom. The highest BCUT2D eigenvalue weighted by Gasteiger charge is 2.48. The fourth-order valence-electron chi connectivity index (χ4n) is 4.43. The second-order valence-corrected chi connectivity index (χ2v) is 7.90. The predicted octanol–water partition coefficient (Wildman–Crippen LogP) is 3.31. The Bertz CT molecular complexity index is 1070. The number of Topliss-reactive ketones (excluding diaryl/α,β-unsaturated/α-hetero) is 1. The van der Waals surface area contributed by atoms with Gasteiger partial charge in [-0.2, -0.15) is 0 Å². The number of carbonyl (C=O) groups excluding carboxylic acids is 2. The van der Waals surface area contributed by atoms with E-state index in [9.17, 15) is 14.7 Å². The Hall–Kier alpha value is -3.52. The van der Waals surface area contributed by atoms with Crippen LogP contribution in [0.15, 0.2) is 48.0 Å². The normalized spacial score (nSPS) is 22.0. The van der Waals surface area contributed by atoms with Gasteiger partial charge < -0.3 is 29.0 Å². The lowest BCUT2D eigenvalue weighted by molar-refractivity contribution is -0.140. The third kappa shape index (κ3) is 4.14. The van der Waals surface area contributed by atoms with Gasteiger partial charge >= 0.3 is 0 Å². The molecule has 0 radical (unpaired) electrons. The van der Waals surface area contributed by atoms with E-state index in [-0.39, 0.29) is 24.0 Å². The Morgan fingerprint density at radius 3 is 2.42 bits per heavy atom. The number of para-hydroxylation sites is 1. The van der Waals surface area contributed by atoms with E-state index >= 15 is 0 Å². The first-order valence-corrected chi connectivity index (χ1v) is 10.8. The Morgan fingerprint density at radius 1 is 1.06 bits per heavy atom. The summed E-state index contributed by atoms with van der Waals surface area (Å²) in [5.41, 5.74) is 0.941. The molecule has 174 valence electrons. The van der Waals surface area contributed by atoms with Crippen LogP contribution in [-0.4, -0.2) is 62.3 Å². The van der Waals surface area contributed by atoms with Gasteiger partial charge in [0, 0.05) is 24.3 Å². The number of carbonyl (C=O) groups is 2. The molecule has 2 aliphatic heterocycles. The summed E-state index contributed by atoms with van der Waals surface area (Å²) in [6, 6.07) is 11.0. The van der Waals surface area contributed by atoms with Crippen molar-refractivity contribution in [3.8, 4) is 17.2 Å². The fourth-order valence-corrected chi connectivity index (χ4v) is 4.43. The van der Waals surface area contributed by atoms with Crippen LogP contribution in [0.25, 0.3) is 5.76 Å². The van der Waals surface area contributed by atoms with Crippen LogP contribution in [0.1, 0.15) is 30.0 Å². The zero-order valence-corrected chi connectivity index (χ0v) is 18.9. The summed E-state index contributed by atoms with van der Waals surface area (Å²) in [4.78, 5) is 27.8. The molecule has 0 spiro atoms. The maximum Gasteiger partial charge on any atom is 0.295 e. The van der Waals surface area contributed by atoms with Gasteiger partial charge in [-0.1, -0.05) is 12.1 Å². The van der Waals surface area contributed by atoms with E-state index < -0.39 is 17.7 Å². The van der Waals surface area contributed by atoms with Gasteiger partial charge in [0.1, 0.15) is 11.5 Å². The van der Waals surface area contributed by atoms with Gasteiger partial charge in [-0.05, 0) is 43.2 Å². The van der Waals surface area contributed by atoms with Crippen LogP contribution in [0, 0.1) is 0 Å². The Labute approximate surface area is 192 Å². The van der Waals surface area contributed by atoms with Crippen LogP contribution < -0.4 is 14.2 Å². The summed E-state index contributed by atoms with van der Waals surface area (Å²) >= 11 is 0.